The highest BCUT2D eigenvalue weighted by Crippen LogP contribution is 2.34. The fourth-order valence-electron chi connectivity index (χ4n) is 2.63. The van der Waals surface area contributed by atoms with Gasteiger partial charge in [-0.3, -0.25) is 0 Å². The van der Waals surface area contributed by atoms with Crippen molar-refractivity contribution in [3.63, 3.8) is 0 Å². The Morgan fingerprint density at radius 3 is 3.06 bits per heavy atom. The van der Waals surface area contributed by atoms with Gasteiger partial charge in [0.15, 0.2) is 0 Å². The maximum Gasteiger partial charge on any atom is 0.315 e. The number of thiophene rings is 1. The van der Waals surface area contributed by atoms with Crippen molar-refractivity contribution in [1.29, 1.82) is 0 Å². The first-order valence-corrected chi connectivity index (χ1v) is 7.81. The van der Waals surface area contributed by atoms with Gasteiger partial charge in [0.2, 0.25) is 0 Å². The minimum Gasteiger partial charge on any atom is -0.373 e. The maximum atomic E-state index is 11.8. The van der Waals surface area contributed by atoms with Crippen LogP contribution in [0.4, 0.5) is 4.79 Å². The summed E-state index contributed by atoms with van der Waals surface area (Å²) in [5, 5.41) is 7.89. The highest BCUT2D eigenvalue weighted by Gasteiger charge is 2.41. The molecule has 1 aromatic rings. The van der Waals surface area contributed by atoms with Gasteiger partial charge in [0.05, 0.1) is 22.0 Å². The van der Waals surface area contributed by atoms with Crippen molar-refractivity contribution in [3.05, 3.63) is 20.8 Å². The predicted octanol–water partition coefficient (Wildman–Crippen LogP) is 2.63. The van der Waals surface area contributed by atoms with Crippen LogP contribution in [0.3, 0.4) is 0 Å². The van der Waals surface area contributed by atoms with Crippen molar-refractivity contribution < 1.29 is 9.53 Å². The van der Waals surface area contributed by atoms with Gasteiger partial charge < -0.3 is 15.4 Å². The van der Waals surface area contributed by atoms with Crippen LogP contribution in [0.25, 0.3) is 0 Å². The molecule has 3 atom stereocenters. The molecule has 2 saturated heterocycles. The van der Waals surface area contributed by atoms with Crippen LogP contribution < -0.4 is 10.6 Å². The van der Waals surface area contributed by atoms with Crippen molar-refractivity contribution in [1.82, 2.24) is 10.6 Å². The molecule has 18 heavy (non-hydrogen) atoms. The average molecular weight is 331 g/mol. The van der Waals surface area contributed by atoms with Crippen LogP contribution in [0.2, 0.25) is 0 Å². The molecule has 1 aromatic heterocycles. The molecule has 0 aromatic carbocycles. The summed E-state index contributed by atoms with van der Waals surface area (Å²) < 4.78 is 6.78. The summed E-state index contributed by atoms with van der Waals surface area (Å²) in [5.41, 5.74) is 1.11. The van der Waals surface area contributed by atoms with Crippen LogP contribution in [0.1, 0.15) is 24.8 Å². The molecule has 2 aliphatic heterocycles. The lowest BCUT2D eigenvalue weighted by atomic mass is 9.96. The molecule has 98 valence electrons. The lowest BCUT2D eigenvalue weighted by molar-refractivity contribution is 0.0981. The minimum atomic E-state index is -0.103. The zero-order valence-electron chi connectivity index (χ0n) is 9.82. The fraction of sp³-hybridized carbons (Fsp3) is 0.583. The van der Waals surface area contributed by atoms with Crippen molar-refractivity contribution in [3.8, 4) is 0 Å². The number of halogens is 1. The summed E-state index contributed by atoms with van der Waals surface area (Å²) in [5.74, 6) is 0. The predicted molar refractivity (Wildman–Crippen MR) is 73.7 cm³/mol. The van der Waals surface area contributed by atoms with E-state index in [4.69, 9.17) is 4.74 Å². The van der Waals surface area contributed by atoms with Gasteiger partial charge in [-0.15, -0.1) is 11.3 Å². The Morgan fingerprint density at radius 2 is 2.44 bits per heavy atom. The van der Waals surface area contributed by atoms with Gasteiger partial charge in [-0.2, -0.15) is 0 Å². The van der Waals surface area contributed by atoms with Crippen molar-refractivity contribution in [2.45, 2.75) is 44.1 Å². The standard InChI is InChI=1S/C12H15BrN2O2S/c13-11-7(3-4-18-11)6-14-12(16)15-9-5-8-1-2-10(9)17-8/h3-4,8-10H,1-2,5-6H2,(H2,14,15,16)/t8-,9+,10-/m1/s1. The van der Waals surface area contributed by atoms with E-state index in [1.54, 1.807) is 11.3 Å². The number of nitrogens with one attached hydrogen (secondary N) is 2. The number of amides is 2. The quantitative estimate of drug-likeness (QED) is 0.895. The summed E-state index contributed by atoms with van der Waals surface area (Å²) in [4.78, 5) is 11.8. The zero-order chi connectivity index (χ0) is 12.5. The van der Waals surface area contributed by atoms with E-state index in [0.717, 1.165) is 28.6 Å². The molecule has 2 bridgehead atoms. The van der Waals surface area contributed by atoms with Crippen LogP contribution in [-0.4, -0.2) is 24.3 Å². The summed E-state index contributed by atoms with van der Waals surface area (Å²) in [6.45, 7) is 0.553. The van der Waals surface area contributed by atoms with E-state index < -0.39 is 0 Å². The Balaban J connectivity index is 1.46. The van der Waals surface area contributed by atoms with Gasteiger partial charge in [-0.1, -0.05) is 0 Å². The molecule has 0 aliphatic carbocycles. The van der Waals surface area contributed by atoms with Gasteiger partial charge in [0, 0.05) is 6.54 Å². The van der Waals surface area contributed by atoms with E-state index in [-0.39, 0.29) is 18.2 Å². The first kappa shape index (κ1) is 12.4. The topological polar surface area (TPSA) is 50.4 Å². The second-order valence-electron chi connectivity index (χ2n) is 4.76. The number of fused-ring (bicyclic) bond motifs is 2. The molecule has 0 saturated carbocycles. The molecule has 2 amide bonds. The van der Waals surface area contributed by atoms with Crippen molar-refractivity contribution in [2.24, 2.45) is 0 Å². The Bertz CT molecular complexity index is 451. The number of rotatable bonds is 3. The number of urea groups is 1. The van der Waals surface area contributed by atoms with Crippen LogP contribution in [0.15, 0.2) is 15.2 Å². The number of ether oxygens (including phenoxy) is 1. The van der Waals surface area contributed by atoms with Crippen LogP contribution in [0.5, 0.6) is 0 Å². The van der Waals surface area contributed by atoms with Gasteiger partial charge in [0.25, 0.3) is 0 Å². The van der Waals surface area contributed by atoms with E-state index in [9.17, 15) is 4.79 Å². The van der Waals surface area contributed by atoms with Gasteiger partial charge >= 0.3 is 6.03 Å². The highest BCUT2D eigenvalue weighted by molar-refractivity contribution is 9.11. The number of hydrogen-bond acceptors (Lipinski definition) is 3. The highest BCUT2D eigenvalue weighted by atomic mass is 79.9. The SMILES string of the molecule is O=C(NCc1ccsc1Br)N[C@H]1C[C@H]2CC[C@H]1O2. The Kier molecular flexibility index (Phi) is 3.59. The molecular weight excluding hydrogens is 316 g/mol. The Labute approximate surface area is 118 Å². The molecule has 3 heterocycles. The van der Waals surface area contributed by atoms with E-state index in [1.165, 1.54) is 0 Å². The third-order valence-electron chi connectivity index (χ3n) is 3.56. The molecule has 6 heteroatoms. The van der Waals surface area contributed by atoms with Gasteiger partial charge in [-0.25, -0.2) is 4.79 Å². The summed E-state index contributed by atoms with van der Waals surface area (Å²) >= 11 is 5.08. The van der Waals surface area contributed by atoms with Crippen LogP contribution >= 0.6 is 27.3 Å². The molecule has 4 nitrogen and oxygen atoms in total. The van der Waals surface area contributed by atoms with Crippen LogP contribution in [0, 0.1) is 0 Å². The van der Waals surface area contributed by atoms with Gasteiger partial charge in [0.1, 0.15) is 0 Å². The smallest absolute Gasteiger partial charge is 0.315 e. The molecule has 2 N–H and O–H groups in total. The molecule has 3 rings (SSSR count). The zero-order valence-corrected chi connectivity index (χ0v) is 12.2. The first-order chi connectivity index (χ1) is 8.72. The average Bonchev–Trinajstić information content (AvgIpc) is 3.03. The lowest BCUT2D eigenvalue weighted by Gasteiger charge is -2.20. The van der Waals surface area contributed by atoms with Gasteiger partial charge in [-0.05, 0) is 52.2 Å². The summed E-state index contributed by atoms with van der Waals surface area (Å²) in [6.07, 6.45) is 3.78. The first-order valence-electron chi connectivity index (χ1n) is 6.14. The molecule has 0 unspecified atom stereocenters. The van der Waals surface area contributed by atoms with Crippen LogP contribution in [-0.2, 0) is 11.3 Å². The fourth-order valence-corrected chi connectivity index (χ4v) is 3.87. The monoisotopic (exact) mass is 330 g/mol. The Hall–Kier alpha value is -0.590. The third-order valence-corrected chi connectivity index (χ3v) is 5.37. The van der Waals surface area contributed by atoms with E-state index in [2.05, 4.69) is 26.6 Å². The molecule has 2 fully saturated rings. The third kappa shape index (κ3) is 2.55. The van der Waals surface area contributed by atoms with E-state index in [1.807, 2.05) is 11.4 Å². The van der Waals surface area contributed by atoms with E-state index in [0.29, 0.717) is 12.6 Å². The maximum absolute atomic E-state index is 11.8. The molecule has 2 aliphatic rings. The molecular formula is C12H15BrN2O2S. The molecule has 0 radical (unpaired) electrons. The van der Waals surface area contributed by atoms with Crippen molar-refractivity contribution >= 4 is 33.3 Å². The number of hydrogen-bond donors (Lipinski definition) is 2. The summed E-state index contributed by atoms with van der Waals surface area (Å²) in [6, 6.07) is 2.10. The number of carbonyl (C=O) groups is 1. The summed E-state index contributed by atoms with van der Waals surface area (Å²) in [7, 11) is 0. The molecule has 0 spiro atoms. The number of carbonyl (C=O) groups excluding carboxylic acids is 1. The Morgan fingerprint density at radius 1 is 1.56 bits per heavy atom. The van der Waals surface area contributed by atoms with E-state index >= 15 is 0 Å². The second-order valence-corrected chi connectivity index (χ2v) is 7.00. The second kappa shape index (κ2) is 5.19. The minimum absolute atomic E-state index is 0.103. The lowest BCUT2D eigenvalue weighted by Crippen LogP contribution is -2.46. The van der Waals surface area contributed by atoms with Crippen molar-refractivity contribution in [2.75, 3.05) is 0 Å². The normalized spacial score (nSPS) is 29.5. The largest absolute Gasteiger partial charge is 0.373 e.